The SMILES string of the molecule is Nc1[nH]ncc1-c1cc(Cl)cc(F)c1O. The van der Waals surface area contributed by atoms with Gasteiger partial charge in [-0.25, -0.2) is 4.39 Å². The molecule has 0 bridgehead atoms. The number of hydrogen-bond acceptors (Lipinski definition) is 3. The molecule has 4 nitrogen and oxygen atoms in total. The average molecular weight is 228 g/mol. The predicted molar refractivity (Wildman–Crippen MR) is 55.1 cm³/mol. The summed E-state index contributed by atoms with van der Waals surface area (Å²) in [4.78, 5) is 0. The third-order valence-corrected chi connectivity index (χ3v) is 2.21. The third-order valence-electron chi connectivity index (χ3n) is 1.99. The van der Waals surface area contributed by atoms with Gasteiger partial charge in [-0.2, -0.15) is 5.10 Å². The first-order valence-electron chi connectivity index (χ1n) is 4.07. The number of nitrogens with zero attached hydrogens (tertiary/aromatic N) is 1. The second-order valence-corrected chi connectivity index (χ2v) is 3.42. The van der Waals surface area contributed by atoms with Gasteiger partial charge in [0, 0.05) is 16.1 Å². The van der Waals surface area contributed by atoms with Gasteiger partial charge >= 0.3 is 0 Å². The zero-order valence-corrected chi connectivity index (χ0v) is 8.22. The number of phenols is 1. The number of rotatable bonds is 1. The van der Waals surface area contributed by atoms with Crippen LogP contribution in [0.4, 0.5) is 10.2 Å². The molecule has 1 aromatic heterocycles. The number of H-pyrrole nitrogens is 1. The summed E-state index contributed by atoms with van der Waals surface area (Å²) in [5.41, 5.74) is 6.17. The van der Waals surface area contributed by atoms with Gasteiger partial charge < -0.3 is 10.8 Å². The lowest BCUT2D eigenvalue weighted by Gasteiger charge is -2.04. The summed E-state index contributed by atoms with van der Waals surface area (Å²) in [5.74, 6) is -1.04. The zero-order valence-electron chi connectivity index (χ0n) is 7.46. The van der Waals surface area contributed by atoms with Crippen LogP contribution in [0.15, 0.2) is 18.3 Å². The number of aromatic hydroxyl groups is 1. The molecule has 1 aromatic carbocycles. The molecular formula is C9H7ClFN3O. The van der Waals surface area contributed by atoms with Crippen LogP contribution in [0.2, 0.25) is 5.02 Å². The molecule has 1 heterocycles. The Morgan fingerprint density at radius 1 is 1.40 bits per heavy atom. The highest BCUT2D eigenvalue weighted by atomic mass is 35.5. The number of aromatic nitrogens is 2. The van der Waals surface area contributed by atoms with Crippen molar-refractivity contribution in [2.45, 2.75) is 0 Å². The van der Waals surface area contributed by atoms with Crippen LogP contribution in [0, 0.1) is 5.82 Å². The van der Waals surface area contributed by atoms with E-state index in [-0.39, 0.29) is 16.4 Å². The number of nitrogens with two attached hydrogens (primary N) is 1. The lowest BCUT2D eigenvalue weighted by atomic mass is 10.1. The summed E-state index contributed by atoms with van der Waals surface area (Å²) < 4.78 is 13.2. The fourth-order valence-electron chi connectivity index (χ4n) is 1.28. The molecule has 0 unspecified atom stereocenters. The van der Waals surface area contributed by atoms with Gasteiger partial charge in [-0.3, -0.25) is 5.10 Å². The van der Waals surface area contributed by atoms with Crippen LogP contribution in [-0.4, -0.2) is 15.3 Å². The maximum atomic E-state index is 13.2. The molecule has 78 valence electrons. The molecule has 0 atom stereocenters. The van der Waals surface area contributed by atoms with Gasteiger partial charge in [0.05, 0.1) is 6.20 Å². The Hall–Kier alpha value is -1.75. The number of nitrogen functional groups attached to an aromatic ring is 1. The van der Waals surface area contributed by atoms with E-state index in [2.05, 4.69) is 10.2 Å². The van der Waals surface area contributed by atoms with E-state index in [9.17, 15) is 9.50 Å². The molecule has 0 aliphatic heterocycles. The van der Waals surface area contributed by atoms with Crippen LogP contribution >= 0.6 is 11.6 Å². The van der Waals surface area contributed by atoms with Crippen LogP contribution < -0.4 is 5.73 Å². The Morgan fingerprint density at radius 3 is 2.73 bits per heavy atom. The number of nitrogens with one attached hydrogen (secondary N) is 1. The Bertz CT molecular complexity index is 512. The van der Waals surface area contributed by atoms with E-state index in [0.717, 1.165) is 6.07 Å². The molecule has 2 rings (SSSR count). The summed E-state index contributed by atoms with van der Waals surface area (Å²) in [5, 5.41) is 15.8. The smallest absolute Gasteiger partial charge is 0.166 e. The highest BCUT2D eigenvalue weighted by Gasteiger charge is 2.14. The van der Waals surface area contributed by atoms with E-state index < -0.39 is 11.6 Å². The summed E-state index contributed by atoms with van der Waals surface area (Å²) in [6.45, 7) is 0. The molecule has 0 aliphatic carbocycles. The van der Waals surface area contributed by atoms with Gasteiger partial charge in [0.25, 0.3) is 0 Å². The van der Waals surface area contributed by atoms with Crippen LogP contribution in [-0.2, 0) is 0 Å². The number of anilines is 1. The standard InChI is InChI=1S/C9H7ClFN3O/c10-4-1-5(8(15)7(11)2-4)6-3-13-14-9(6)12/h1-3,15H,(H3,12,13,14). The minimum absolute atomic E-state index is 0.181. The Balaban J connectivity index is 2.68. The van der Waals surface area contributed by atoms with E-state index in [1.54, 1.807) is 0 Å². The fourth-order valence-corrected chi connectivity index (χ4v) is 1.49. The molecule has 4 N–H and O–H groups in total. The maximum absolute atomic E-state index is 13.2. The number of hydrogen-bond donors (Lipinski definition) is 3. The first-order chi connectivity index (χ1) is 7.09. The van der Waals surface area contributed by atoms with Crippen molar-refractivity contribution >= 4 is 17.4 Å². The van der Waals surface area contributed by atoms with Crippen molar-refractivity contribution in [1.29, 1.82) is 0 Å². The molecule has 0 fully saturated rings. The topological polar surface area (TPSA) is 74.9 Å². The molecule has 6 heteroatoms. The monoisotopic (exact) mass is 227 g/mol. The van der Waals surface area contributed by atoms with Crippen molar-refractivity contribution in [2.24, 2.45) is 0 Å². The molecule has 0 spiro atoms. The van der Waals surface area contributed by atoms with Crippen molar-refractivity contribution in [3.8, 4) is 16.9 Å². The van der Waals surface area contributed by atoms with Crippen LogP contribution in [0.1, 0.15) is 0 Å². The number of halogens is 2. The predicted octanol–water partition coefficient (Wildman–Crippen LogP) is 2.16. The first-order valence-corrected chi connectivity index (χ1v) is 4.44. The van der Waals surface area contributed by atoms with Crippen LogP contribution in [0.3, 0.4) is 0 Å². The zero-order chi connectivity index (χ0) is 11.0. The van der Waals surface area contributed by atoms with Gasteiger partial charge in [-0.1, -0.05) is 11.6 Å². The van der Waals surface area contributed by atoms with Crippen molar-refractivity contribution in [2.75, 3.05) is 5.73 Å². The van der Waals surface area contributed by atoms with E-state index in [0.29, 0.717) is 5.56 Å². The average Bonchev–Trinajstić information content (AvgIpc) is 2.58. The first kappa shape index (κ1) is 9.79. The molecule has 0 radical (unpaired) electrons. The fraction of sp³-hybridized carbons (Fsp3) is 0. The Kier molecular flexibility index (Phi) is 2.24. The quantitative estimate of drug-likeness (QED) is 0.699. The summed E-state index contributed by atoms with van der Waals surface area (Å²) in [6, 6.07) is 2.44. The molecule has 2 aromatic rings. The molecule has 0 amide bonds. The molecule has 15 heavy (non-hydrogen) atoms. The van der Waals surface area contributed by atoms with Gasteiger partial charge in [0.15, 0.2) is 11.6 Å². The van der Waals surface area contributed by atoms with Gasteiger partial charge in [0.2, 0.25) is 0 Å². The van der Waals surface area contributed by atoms with Crippen molar-refractivity contribution in [3.05, 3.63) is 29.2 Å². The number of phenolic OH excluding ortho intramolecular Hbond substituents is 1. The van der Waals surface area contributed by atoms with Gasteiger partial charge in [-0.15, -0.1) is 0 Å². The van der Waals surface area contributed by atoms with Crippen molar-refractivity contribution in [3.63, 3.8) is 0 Å². The van der Waals surface area contributed by atoms with Crippen molar-refractivity contribution in [1.82, 2.24) is 10.2 Å². The second kappa shape index (κ2) is 3.43. The minimum atomic E-state index is -0.793. The maximum Gasteiger partial charge on any atom is 0.166 e. The van der Waals surface area contributed by atoms with Gasteiger partial charge in [-0.05, 0) is 12.1 Å². The number of benzene rings is 1. The molecule has 0 aliphatic rings. The van der Waals surface area contributed by atoms with E-state index in [1.807, 2.05) is 0 Å². The minimum Gasteiger partial charge on any atom is -0.504 e. The summed E-state index contributed by atoms with van der Waals surface area (Å²) in [6.07, 6.45) is 1.39. The normalized spacial score (nSPS) is 10.5. The Labute approximate surface area is 89.5 Å². The van der Waals surface area contributed by atoms with Crippen LogP contribution in [0.5, 0.6) is 5.75 Å². The highest BCUT2D eigenvalue weighted by Crippen LogP contribution is 2.36. The third kappa shape index (κ3) is 1.61. The molecule has 0 saturated carbocycles. The lowest BCUT2D eigenvalue weighted by molar-refractivity contribution is 0.434. The van der Waals surface area contributed by atoms with Crippen LogP contribution in [0.25, 0.3) is 11.1 Å². The summed E-state index contributed by atoms with van der Waals surface area (Å²) in [7, 11) is 0. The second-order valence-electron chi connectivity index (χ2n) is 2.98. The van der Waals surface area contributed by atoms with Crippen molar-refractivity contribution < 1.29 is 9.50 Å². The van der Waals surface area contributed by atoms with E-state index >= 15 is 0 Å². The van der Waals surface area contributed by atoms with E-state index in [1.165, 1.54) is 12.3 Å². The Morgan fingerprint density at radius 2 is 2.13 bits per heavy atom. The van der Waals surface area contributed by atoms with E-state index in [4.69, 9.17) is 17.3 Å². The highest BCUT2D eigenvalue weighted by molar-refractivity contribution is 6.31. The molecular weight excluding hydrogens is 221 g/mol. The lowest BCUT2D eigenvalue weighted by Crippen LogP contribution is -1.89. The largest absolute Gasteiger partial charge is 0.504 e. The van der Waals surface area contributed by atoms with Gasteiger partial charge in [0.1, 0.15) is 5.82 Å². The summed E-state index contributed by atoms with van der Waals surface area (Å²) >= 11 is 5.67. The molecule has 0 saturated heterocycles. The number of aromatic amines is 1.